The van der Waals surface area contributed by atoms with Crippen LogP contribution in [0.15, 0.2) is 130 Å². The normalized spacial score (nSPS) is 12.1. The Kier molecular flexibility index (Phi) is 4.02. The highest BCUT2D eigenvalue weighted by atomic mass is 16.4. The molecule has 6 aromatic carbocycles. The van der Waals surface area contributed by atoms with Gasteiger partial charge in [0.05, 0.1) is 16.4 Å². The Morgan fingerprint density at radius 1 is 0.513 bits per heavy atom. The summed E-state index contributed by atoms with van der Waals surface area (Å²) in [6.07, 6.45) is 0. The van der Waals surface area contributed by atoms with Gasteiger partial charge in [0.2, 0.25) is 5.89 Å². The number of oxazole rings is 1. The first-order valence-corrected chi connectivity index (χ1v) is 13.1. The number of benzene rings is 6. The molecule has 0 aliphatic carbocycles. The summed E-state index contributed by atoms with van der Waals surface area (Å²) in [7, 11) is 0. The SMILES string of the molecule is c1ccc2cc(-n3c4ccccc4c4c(-c5nc6c(ccc7oc8ccccc8c76)o5)cccc43)ccc2c1. The summed E-state index contributed by atoms with van der Waals surface area (Å²) in [6.45, 7) is 0. The summed E-state index contributed by atoms with van der Waals surface area (Å²) in [5.74, 6) is 0.606. The van der Waals surface area contributed by atoms with E-state index in [4.69, 9.17) is 13.8 Å². The van der Waals surface area contributed by atoms with E-state index in [-0.39, 0.29) is 0 Å². The number of para-hydroxylation sites is 2. The van der Waals surface area contributed by atoms with Crippen LogP contribution < -0.4 is 0 Å². The molecule has 0 unspecified atom stereocenters. The molecule has 0 atom stereocenters. The minimum absolute atomic E-state index is 0.606. The van der Waals surface area contributed by atoms with Crippen molar-refractivity contribution in [2.45, 2.75) is 0 Å². The molecule has 0 aliphatic heterocycles. The molecule has 3 heterocycles. The van der Waals surface area contributed by atoms with E-state index in [1.807, 2.05) is 30.3 Å². The van der Waals surface area contributed by atoms with Gasteiger partial charge in [0.1, 0.15) is 16.7 Å². The number of hydrogen-bond acceptors (Lipinski definition) is 3. The van der Waals surface area contributed by atoms with Crippen molar-refractivity contribution in [3.63, 3.8) is 0 Å². The number of rotatable bonds is 2. The molecule has 0 saturated carbocycles. The molecule has 0 N–H and O–H groups in total. The lowest BCUT2D eigenvalue weighted by Crippen LogP contribution is -1.93. The molecule has 4 heteroatoms. The molecular formula is C35H20N2O2. The maximum Gasteiger partial charge on any atom is 0.228 e. The van der Waals surface area contributed by atoms with Gasteiger partial charge in [-0.15, -0.1) is 0 Å². The lowest BCUT2D eigenvalue weighted by atomic mass is 10.1. The molecule has 0 aliphatic rings. The van der Waals surface area contributed by atoms with Crippen LogP contribution in [0.2, 0.25) is 0 Å². The lowest BCUT2D eigenvalue weighted by Gasteiger charge is -2.09. The van der Waals surface area contributed by atoms with Crippen LogP contribution in [0.3, 0.4) is 0 Å². The van der Waals surface area contributed by atoms with E-state index in [1.165, 1.54) is 10.8 Å². The summed E-state index contributed by atoms with van der Waals surface area (Å²) in [6, 6.07) is 42.1. The molecule has 0 spiro atoms. The second-order valence-electron chi connectivity index (χ2n) is 9.99. The standard InChI is InChI=1S/C35H20N2O2/c1-2-9-22-20-23(17-16-21(22)8-1)37-27-13-5-3-10-24(27)32-26(12-7-14-28(32)37)35-36-34-31(39-35)19-18-30-33(34)25-11-4-6-15-29(25)38-30/h1-20H. The number of furan rings is 1. The van der Waals surface area contributed by atoms with Crippen molar-refractivity contribution < 1.29 is 8.83 Å². The van der Waals surface area contributed by atoms with Crippen LogP contribution in [0.25, 0.3) is 82.8 Å². The molecule has 182 valence electrons. The highest BCUT2D eigenvalue weighted by Gasteiger charge is 2.21. The second kappa shape index (κ2) is 7.59. The molecule has 0 saturated heterocycles. The van der Waals surface area contributed by atoms with Gasteiger partial charge in [-0.05, 0) is 59.3 Å². The second-order valence-corrected chi connectivity index (χ2v) is 9.99. The van der Waals surface area contributed by atoms with E-state index in [9.17, 15) is 0 Å². The monoisotopic (exact) mass is 500 g/mol. The van der Waals surface area contributed by atoms with E-state index in [2.05, 4.69) is 95.6 Å². The number of hydrogen-bond donors (Lipinski definition) is 0. The molecule has 0 radical (unpaired) electrons. The highest BCUT2D eigenvalue weighted by Crippen LogP contribution is 2.41. The zero-order valence-corrected chi connectivity index (χ0v) is 20.8. The maximum atomic E-state index is 6.45. The number of aromatic nitrogens is 2. The Labute approximate surface area is 222 Å². The molecule has 9 rings (SSSR count). The fourth-order valence-electron chi connectivity index (χ4n) is 6.11. The first-order chi connectivity index (χ1) is 19.3. The van der Waals surface area contributed by atoms with E-state index in [0.717, 1.165) is 66.1 Å². The first kappa shape index (κ1) is 20.7. The summed E-state index contributed by atoms with van der Waals surface area (Å²) < 4.78 is 14.9. The summed E-state index contributed by atoms with van der Waals surface area (Å²) >= 11 is 0. The van der Waals surface area contributed by atoms with Gasteiger partial charge in [0.25, 0.3) is 0 Å². The minimum atomic E-state index is 0.606. The number of nitrogens with zero attached hydrogens (tertiary/aromatic N) is 2. The Hall–Kier alpha value is -5.35. The Morgan fingerprint density at radius 3 is 2.23 bits per heavy atom. The van der Waals surface area contributed by atoms with Gasteiger partial charge >= 0.3 is 0 Å². The zero-order valence-electron chi connectivity index (χ0n) is 20.8. The van der Waals surface area contributed by atoms with Gasteiger partial charge in [-0.1, -0.05) is 72.8 Å². The quantitative estimate of drug-likeness (QED) is 0.237. The van der Waals surface area contributed by atoms with Crippen LogP contribution >= 0.6 is 0 Å². The zero-order chi connectivity index (χ0) is 25.5. The average Bonchev–Trinajstić information content (AvgIpc) is 3.68. The Bertz CT molecular complexity index is 2400. The molecule has 9 aromatic rings. The minimum Gasteiger partial charge on any atom is -0.456 e. The third-order valence-corrected chi connectivity index (χ3v) is 7.82. The van der Waals surface area contributed by atoms with Crippen molar-refractivity contribution in [3.05, 3.63) is 121 Å². The average molecular weight is 501 g/mol. The molecule has 0 bridgehead atoms. The number of fused-ring (bicyclic) bond motifs is 9. The Balaban J connectivity index is 1.35. The van der Waals surface area contributed by atoms with Gasteiger partial charge in [-0.2, -0.15) is 0 Å². The van der Waals surface area contributed by atoms with Crippen LogP contribution in [0.4, 0.5) is 0 Å². The predicted molar refractivity (Wildman–Crippen MR) is 159 cm³/mol. The molecule has 4 nitrogen and oxygen atoms in total. The molecule has 3 aromatic heterocycles. The molecule has 39 heavy (non-hydrogen) atoms. The van der Waals surface area contributed by atoms with E-state index in [0.29, 0.717) is 5.89 Å². The van der Waals surface area contributed by atoms with Gasteiger partial charge in [-0.25, -0.2) is 4.98 Å². The smallest absolute Gasteiger partial charge is 0.228 e. The summed E-state index contributed by atoms with van der Waals surface area (Å²) in [5.41, 5.74) is 7.60. The molecular weight excluding hydrogens is 480 g/mol. The largest absolute Gasteiger partial charge is 0.456 e. The van der Waals surface area contributed by atoms with Crippen molar-refractivity contribution in [2.75, 3.05) is 0 Å². The molecule has 0 amide bonds. The van der Waals surface area contributed by atoms with Crippen molar-refractivity contribution >= 4 is 65.6 Å². The Morgan fingerprint density at radius 2 is 1.28 bits per heavy atom. The van der Waals surface area contributed by atoms with Crippen LogP contribution in [0, 0.1) is 0 Å². The topological polar surface area (TPSA) is 44.1 Å². The fraction of sp³-hybridized carbons (Fsp3) is 0. The van der Waals surface area contributed by atoms with Crippen molar-refractivity contribution in [2.24, 2.45) is 0 Å². The van der Waals surface area contributed by atoms with Crippen LogP contribution in [-0.2, 0) is 0 Å². The lowest BCUT2D eigenvalue weighted by molar-refractivity contribution is 0.620. The van der Waals surface area contributed by atoms with Gasteiger partial charge in [-0.3, -0.25) is 0 Å². The summed E-state index contributed by atoms with van der Waals surface area (Å²) in [5, 5.41) is 6.77. The highest BCUT2D eigenvalue weighted by molar-refractivity contribution is 6.18. The van der Waals surface area contributed by atoms with Crippen molar-refractivity contribution in [3.8, 4) is 17.1 Å². The maximum absolute atomic E-state index is 6.45. The van der Waals surface area contributed by atoms with Crippen LogP contribution in [0.1, 0.15) is 0 Å². The van der Waals surface area contributed by atoms with Crippen LogP contribution in [-0.4, -0.2) is 9.55 Å². The summed E-state index contributed by atoms with van der Waals surface area (Å²) in [4.78, 5) is 5.08. The van der Waals surface area contributed by atoms with E-state index < -0.39 is 0 Å². The van der Waals surface area contributed by atoms with Crippen molar-refractivity contribution in [1.29, 1.82) is 0 Å². The van der Waals surface area contributed by atoms with Crippen molar-refractivity contribution in [1.82, 2.24) is 9.55 Å². The third kappa shape index (κ3) is 2.85. The predicted octanol–water partition coefficient (Wildman–Crippen LogP) is 9.64. The van der Waals surface area contributed by atoms with E-state index >= 15 is 0 Å². The van der Waals surface area contributed by atoms with Gasteiger partial charge in [0, 0.05) is 27.4 Å². The fourth-order valence-corrected chi connectivity index (χ4v) is 6.11. The van der Waals surface area contributed by atoms with Crippen LogP contribution in [0.5, 0.6) is 0 Å². The first-order valence-electron chi connectivity index (χ1n) is 13.1. The third-order valence-electron chi connectivity index (χ3n) is 7.82. The van der Waals surface area contributed by atoms with Gasteiger partial charge in [0.15, 0.2) is 5.58 Å². The van der Waals surface area contributed by atoms with Gasteiger partial charge < -0.3 is 13.4 Å². The molecule has 0 fully saturated rings. The van der Waals surface area contributed by atoms with E-state index in [1.54, 1.807) is 0 Å².